The number of piperazine rings is 1. The number of carbonyl (C=O) groups is 2. The highest BCUT2D eigenvalue weighted by atomic mass is 19.1. The van der Waals surface area contributed by atoms with Crippen molar-refractivity contribution in [3.63, 3.8) is 0 Å². The highest BCUT2D eigenvalue weighted by Crippen LogP contribution is 2.32. The minimum absolute atomic E-state index is 0.00447. The van der Waals surface area contributed by atoms with Crippen LogP contribution in [0, 0.1) is 5.82 Å². The first-order chi connectivity index (χ1) is 16.7. The topological polar surface area (TPSA) is 96.8 Å². The molecule has 1 atom stereocenters. The van der Waals surface area contributed by atoms with Gasteiger partial charge in [0.2, 0.25) is 5.91 Å². The van der Waals surface area contributed by atoms with Crippen LogP contribution in [-0.4, -0.2) is 67.4 Å². The zero-order valence-electron chi connectivity index (χ0n) is 20.4. The first-order valence-electron chi connectivity index (χ1n) is 12.2. The van der Waals surface area contributed by atoms with Gasteiger partial charge in [0.25, 0.3) is 5.91 Å². The van der Waals surface area contributed by atoms with Crippen molar-refractivity contribution >= 4 is 17.5 Å². The standard InChI is InChI=1S/C26H31FN6O2/c1-16(2)20-13-21(18-5-7-19(27)8-6-18)30-33-15-22(29-23(20)33)24(34)31-11-12-32(17(3)14-31)25(35)26(28)9-4-10-26/h5-8,13,15-17H,4,9-12,14,28H2,1-3H3/t17-/m0/s1. The Morgan fingerprint density at radius 1 is 1.17 bits per heavy atom. The monoisotopic (exact) mass is 478 g/mol. The van der Waals surface area contributed by atoms with Crippen molar-refractivity contribution in [1.82, 2.24) is 24.4 Å². The van der Waals surface area contributed by atoms with Gasteiger partial charge in [0, 0.05) is 36.8 Å². The summed E-state index contributed by atoms with van der Waals surface area (Å²) in [5, 5.41) is 4.65. The molecule has 1 aromatic carbocycles. The van der Waals surface area contributed by atoms with E-state index in [1.807, 2.05) is 17.9 Å². The van der Waals surface area contributed by atoms with Crippen molar-refractivity contribution in [2.24, 2.45) is 5.73 Å². The molecular weight excluding hydrogens is 447 g/mol. The highest BCUT2D eigenvalue weighted by molar-refractivity contribution is 5.93. The van der Waals surface area contributed by atoms with Crippen molar-refractivity contribution in [2.45, 2.75) is 57.5 Å². The molecule has 1 saturated heterocycles. The van der Waals surface area contributed by atoms with Crippen LogP contribution < -0.4 is 5.73 Å². The van der Waals surface area contributed by atoms with E-state index in [1.54, 1.807) is 27.7 Å². The SMILES string of the molecule is CC(C)c1cc(-c2ccc(F)cc2)nn2cc(C(=O)N3CCN(C(=O)C4(N)CCC4)[C@@H](C)C3)nc12. The predicted molar refractivity (Wildman–Crippen MR) is 130 cm³/mol. The second-order valence-corrected chi connectivity index (χ2v) is 10.1. The average molecular weight is 479 g/mol. The van der Waals surface area contributed by atoms with Crippen LogP contribution in [0.3, 0.4) is 0 Å². The number of fused-ring (bicyclic) bond motifs is 1. The number of hydrogen-bond acceptors (Lipinski definition) is 5. The van der Waals surface area contributed by atoms with Gasteiger partial charge in [-0.15, -0.1) is 0 Å². The molecule has 2 amide bonds. The van der Waals surface area contributed by atoms with E-state index in [9.17, 15) is 14.0 Å². The van der Waals surface area contributed by atoms with Crippen molar-refractivity contribution in [2.75, 3.05) is 19.6 Å². The molecule has 9 heteroatoms. The quantitative estimate of drug-likeness (QED) is 0.621. The number of benzene rings is 1. The number of hydrogen-bond donors (Lipinski definition) is 1. The largest absolute Gasteiger partial charge is 0.335 e. The molecule has 8 nitrogen and oxygen atoms in total. The summed E-state index contributed by atoms with van der Waals surface area (Å²) >= 11 is 0. The molecule has 5 rings (SSSR count). The molecule has 2 N–H and O–H groups in total. The Kier molecular flexibility index (Phi) is 5.83. The van der Waals surface area contributed by atoms with Crippen LogP contribution in [0.5, 0.6) is 0 Å². The normalized spacial score (nSPS) is 19.8. The van der Waals surface area contributed by atoms with Crippen LogP contribution in [0.2, 0.25) is 0 Å². The fourth-order valence-electron chi connectivity index (χ4n) is 4.95. The smallest absolute Gasteiger partial charge is 0.274 e. The zero-order valence-corrected chi connectivity index (χ0v) is 20.4. The summed E-state index contributed by atoms with van der Waals surface area (Å²) < 4.78 is 15.0. The van der Waals surface area contributed by atoms with Crippen molar-refractivity contribution in [3.05, 3.63) is 53.6 Å². The Morgan fingerprint density at radius 2 is 1.89 bits per heavy atom. The van der Waals surface area contributed by atoms with Gasteiger partial charge in [-0.2, -0.15) is 5.10 Å². The molecule has 0 unspecified atom stereocenters. The molecule has 0 spiro atoms. The molecule has 2 fully saturated rings. The lowest BCUT2D eigenvalue weighted by molar-refractivity contribution is -0.144. The van der Waals surface area contributed by atoms with E-state index in [0.717, 1.165) is 30.4 Å². The Bertz CT molecular complexity index is 1280. The van der Waals surface area contributed by atoms with E-state index >= 15 is 0 Å². The number of halogens is 1. The van der Waals surface area contributed by atoms with Gasteiger partial charge < -0.3 is 15.5 Å². The molecule has 35 heavy (non-hydrogen) atoms. The molecule has 2 aromatic heterocycles. The van der Waals surface area contributed by atoms with Gasteiger partial charge >= 0.3 is 0 Å². The lowest BCUT2D eigenvalue weighted by Crippen LogP contribution is -2.65. The summed E-state index contributed by atoms with van der Waals surface area (Å²) in [7, 11) is 0. The Hall–Kier alpha value is -3.33. The first-order valence-corrected chi connectivity index (χ1v) is 12.2. The molecule has 0 radical (unpaired) electrons. The molecule has 2 aliphatic rings. The van der Waals surface area contributed by atoms with E-state index in [0.29, 0.717) is 36.7 Å². The number of nitrogens with two attached hydrogens (primary N) is 1. The molecule has 0 bridgehead atoms. The van der Waals surface area contributed by atoms with Gasteiger partial charge in [0.1, 0.15) is 11.5 Å². The van der Waals surface area contributed by atoms with Crippen molar-refractivity contribution in [3.8, 4) is 11.3 Å². The minimum atomic E-state index is -0.733. The molecule has 184 valence electrons. The van der Waals surface area contributed by atoms with Gasteiger partial charge in [-0.3, -0.25) is 9.59 Å². The van der Waals surface area contributed by atoms with Gasteiger partial charge in [-0.05, 0) is 62.4 Å². The highest BCUT2D eigenvalue weighted by Gasteiger charge is 2.45. The number of aromatic nitrogens is 3. The zero-order chi connectivity index (χ0) is 24.9. The fraction of sp³-hybridized carbons (Fsp3) is 0.462. The summed E-state index contributed by atoms with van der Waals surface area (Å²) in [6.45, 7) is 7.40. The second-order valence-electron chi connectivity index (χ2n) is 10.1. The number of nitrogens with zero attached hydrogens (tertiary/aromatic N) is 5. The third-order valence-electron chi connectivity index (χ3n) is 7.28. The van der Waals surface area contributed by atoms with Crippen LogP contribution in [-0.2, 0) is 4.79 Å². The summed E-state index contributed by atoms with van der Waals surface area (Å²) in [6, 6.07) is 8.02. The molecular formula is C26H31FN6O2. The van der Waals surface area contributed by atoms with Gasteiger partial charge in [-0.25, -0.2) is 13.9 Å². The minimum Gasteiger partial charge on any atom is -0.335 e. The van der Waals surface area contributed by atoms with Gasteiger partial charge in [0.05, 0.1) is 17.4 Å². The van der Waals surface area contributed by atoms with Crippen molar-refractivity contribution in [1.29, 1.82) is 0 Å². The van der Waals surface area contributed by atoms with Crippen LogP contribution in [0.4, 0.5) is 4.39 Å². The first kappa shape index (κ1) is 23.4. The summed E-state index contributed by atoms with van der Waals surface area (Å²) in [6.07, 6.45) is 4.09. The maximum atomic E-state index is 13.4. The average Bonchev–Trinajstić information content (AvgIpc) is 3.25. The summed E-state index contributed by atoms with van der Waals surface area (Å²) in [4.78, 5) is 34.5. The Balaban J connectivity index is 1.40. The van der Waals surface area contributed by atoms with Crippen molar-refractivity contribution < 1.29 is 14.0 Å². The lowest BCUT2D eigenvalue weighted by Gasteiger charge is -2.46. The number of amides is 2. The molecule has 3 aromatic rings. The third-order valence-corrected chi connectivity index (χ3v) is 7.28. The second kappa shape index (κ2) is 8.71. The maximum Gasteiger partial charge on any atom is 0.274 e. The third kappa shape index (κ3) is 4.18. The van der Waals surface area contributed by atoms with E-state index in [-0.39, 0.29) is 29.6 Å². The van der Waals surface area contributed by atoms with Gasteiger partial charge in [-0.1, -0.05) is 13.8 Å². The van der Waals surface area contributed by atoms with Crippen LogP contribution in [0.25, 0.3) is 16.9 Å². The Morgan fingerprint density at radius 3 is 2.49 bits per heavy atom. The van der Waals surface area contributed by atoms with E-state index < -0.39 is 5.54 Å². The summed E-state index contributed by atoms with van der Waals surface area (Å²) in [5.74, 6) is -0.344. The lowest BCUT2D eigenvalue weighted by atomic mass is 9.76. The maximum absolute atomic E-state index is 13.4. The van der Waals surface area contributed by atoms with Crippen LogP contribution in [0.1, 0.15) is 62.0 Å². The van der Waals surface area contributed by atoms with Crippen LogP contribution >= 0.6 is 0 Å². The number of carbonyl (C=O) groups excluding carboxylic acids is 2. The van der Waals surface area contributed by atoms with E-state index in [4.69, 9.17) is 5.73 Å². The van der Waals surface area contributed by atoms with E-state index in [2.05, 4.69) is 23.9 Å². The molecule has 3 heterocycles. The number of imidazole rings is 1. The number of rotatable bonds is 4. The van der Waals surface area contributed by atoms with Gasteiger partial charge in [0.15, 0.2) is 5.65 Å². The predicted octanol–water partition coefficient (Wildman–Crippen LogP) is 3.21. The summed E-state index contributed by atoms with van der Waals surface area (Å²) in [5.41, 5.74) is 8.90. The van der Waals surface area contributed by atoms with E-state index in [1.165, 1.54) is 12.1 Å². The molecule has 1 aliphatic carbocycles. The molecule has 1 aliphatic heterocycles. The molecule has 1 saturated carbocycles. The Labute approximate surface area is 203 Å². The van der Waals surface area contributed by atoms with Crippen LogP contribution in [0.15, 0.2) is 36.5 Å². The fourth-order valence-corrected chi connectivity index (χ4v) is 4.95.